The molecule has 1 saturated carbocycles. The molecule has 0 saturated heterocycles. The molecule has 0 spiro atoms. The molecular weight excluding hydrogens is 416 g/mol. The first-order valence-corrected chi connectivity index (χ1v) is 13.2. The number of aliphatic hydroxyl groups excluding tert-OH is 1. The first kappa shape index (κ1) is 21.9. The average Bonchev–Trinajstić information content (AvgIpc) is 3.29. The Bertz CT molecular complexity index is 1210. The number of hydrogen-bond donors (Lipinski definition) is 1. The van der Waals surface area contributed by atoms with Gasteiger partial charge in [-0.15, -0.1) is 0 Å². The van der Waals surface area contributed by atoms with Crippen molar-refractivity contribution in [2.45, 2.75) is 76.7 Å². The van der Waals surface area contributed by atoms with Gasteiger partial charge in [-0.1, -0.05) is 62.4 Å². The fourth-order valence-electron chi connectivity index (χ4n) is 7.12. The van der Waals surface area contributed by atoms with Crippen LogP contribution in [0.3, 0.4) is 0 Å². The highest BCUT2D eigenvalue weighted by Gasteiger charge is 2.50. The molecule has 1 unspecified atom stereocenters. The van der Waals surface area contributed by atoms with Crippen LogP contribution in [0.1, 0.15) is 75.7 Å². The van der Waals surface area contributed by atoms with Gasteiger partial charge >= 0.3 is 0 Å². The van der Waals surface area contributed by atoms with Crippen molar-refractivity contribution in [1.29, 1.82) is 0 Å². The second kappa shape index (κ2) is 8.53. The number of rotatable bonds is 3. The van der Waals surface area contributed by atoms with Gasteiger partial charge in [-0.25, -0.2) is 4.68 Å². The monoisotopic (exact) mass is 452 g/mol. The molecule has 3 heteroatoms. The molecule has 176 valence electrons. The third-order valence-electron chi connectivity index (χ3n) is 9.06. The van der Waals surface area contributed by atoms with Crippen molar-refractivity contribution in [1.82, 2.24) is 9.78 Å². The summed E-state index contributed by atoms with van der Waals surface area (Å²) in [5.41, 5.74) is 9.27. The quantitative estimate of drug-likeness (QED) is 0.460. The zero-order chi connectivity index (χ0) is 23.3. The molecule has 0 radical (unpaired) electrons. The van der Waals surface area contributed by atoms with Crippen molar-refractivity contribution in [3.63, 3.8) is 0 Å². The van der Waals surface area contributed by atoms with E-state index in [2.05, 4.69) is 79.2 Å². The van der Waals surface area contributed by atoms with Crippen LogP contribution >= 0.6 is 0 Å². The van der Waals surface area contributed by atoms with Gasteiger partial charge in [0.15, 0.2) is 0 Å². The molecule has 1 heterocycles. The lowest BCUT2D eigenvalue weighted by atomic mass is 9.56. The van der Waals surface area contributed by atoms with Gasteiger partial charge < -0.3 is 5.11 Å². The van der Waals surface area contributed by atoms with E-state index < -0.39 is 0 Å². The predicted molar refractivity (Wildman–Crippen MR) is 139 cm³/mol. The Hall–Kier alpha value is -2.65. The van der Waals surface area contributed by atoms with Crippen molar-refractivity contribution in [3.05, 3.63) is 77.6 Å². The SMILES string of the molecule is C[C@H]1C(O)CC[C@@]2(C)c3c(c(C4=CCCCC4)nn3-c3ccc(-c4ccccc4)cc3)CC[C@H]12. The van der Waals surface area contributed by atoms with E-state index in [1.807, 2.05) is 0 Å². The normalized spacial score (nSPS) is 28.7. The van der Waals surface area contributed by atoms with Gasteiger partial charge in [0.05, 0.1) is 23.2 Å². The van der Waals surface area contributed by atoms with Crippen LogP contribution in [0.2, 0.25) is 0 Å². The van der Waals surface area contributed by atoms with Crippen LogP contribution < -0.4 is 0 Å². The third kappa shape index (κ3) is 3.48. The molecular formula is C31H36N2O. The molecule has 1 fully saturated rings. The van der Waals surface area contributed by atoms with Crippen LogP contribution in [0, 0.1) is 11.8 Å². The largest absolute Gasteiger partial charge is 0.393 e. The van der Waals surface area contributed by atoms with Crippen LogP contribution in [-0.2, 0) is 11.8 Å². The van der Waals surface area contributed by atoms with Crippen molar-refractivity contribution in [2.75, 3.05) is 0 Å². The number of aromatic nitrogens is 2. The lowest BCUT2D eigenvalue weighted by Crippen LogP contribution is -2.49. The summed E-state index contributed by atoms with van der Waals surface area (Å²) in [6, 6.07) is 19.5. The number of nitrogens with zero attached hydrogens (tertiary/aromatic N) is 2. The smallest absolute Gasteiger partial charge is 0.0919 e. The lowest BCUT2D eigenvalue weighted by molar-refractivity contribution is -0.00931. The van der Waals surface area contributed by atoms with Gasteiger partial charge in [-0.05, 0) is 92.0 Å². The van der Waals surface area contributed by atoms with E-state index >= 15 is 0 Å². The fraction of sp³-hybridized carbons (Fsp3) is 0.452. The van der Waals surface area contributed by atoms with Gasteiger partial charge in [0, 0.05) is 11.0 Å². The highest BCUT2D eigenvalue weighted by Crippen LogP contribution is 2.54. The molecule has 0 aliphatic heterocycles. The minimum Gasteiger partial charge on any atom is -0.393 e. The highest BCUT2D eigenvalue weighted by atomic mass is 16.3. The molecule has 4 atom stereocenters. The van der Waals surface area contributed by atoms with Gasteiger partial charge in [0.2, 0.25) is 0 Å². The van der Waals surface area contributed by atoms with Crippen LogP contribution in [0.5, 0.6) is 0 Å². The maximum absolute atomic E-state index is 10.7. The second-order valence-corrected chi connectivity index (χ2v) is 11.0. The Morgan fingerprint density at radius 1 is 0.941 bits per heavy atom. The molecule has 1 N–H and O–H groups in total. The van der Waals surface area contributed by atoms with Crippen LogP contribution in [0.15, 0.2) is 60.7 Å². The molecule has 34 heavy (non-hydrogen) atoms. The topological polar surface area (TPSA) is 38.1 Å². The average molecular weight is 453 g/mol. The Morgan fingerprint density at radius 2 is 1.71 bits per heavy atom. The molecule has 6 rings (SSSR count). The van der Waals surface area contributed by atoms with Gasteiger partial charge in [0.25, 0.3) is 0 Å². The van der Waals surface area contributed by atoms with E-state index in [0.717, 1.165) is 37.8 Å². The van der Waals surface area contributed by atoms with E-state index in [-0.39, 0.29) is 11.5 Å². The van der Waals surface area contributed by atoms with E-state index in [1.165, 1.54) is 52.9 Å². The van der Waals surface area contributed by atoms with E-state index in [0.29, 0.717) is 11.8 Å². The van der Waals surface area contributed by atoms with Crippen molar-refractivity contribution in [2.24, 2.45) is 11.8 Å². The summed E-state index contributed by atoms with van der Waals surface area (Å²) < 4.78 is 2.28. The van der Waals surface area contributed by atoms with Crippen molar-refractivity contribution < 1.29 is 5.11 Å². The standard InChI is InChI=1S/C31H36N2O/c1-21-27-18-17-26-29(24-11-7-4-8-12-24)32-33(30(26)31(27,2)20-19-28(21)34)25-15-13-23(14-16-25)22-9-5-3-6-10-22/h3,5-6,9-11,13-16,21,27-28,34H,4,7-8,12,17-20H2,1-2H3/t21-,27-,28?,31-/m1/s1. The highest BCUT2D eigenvalue weighted by molar-refractivity contribution is 5.69. The first-order valence-electron chi connectivity index (χ1n) is 13.2. The van der Waals surface area contributed by atoms with Gasteiger partial charge in [-0.3, -0.25) is 0 Å². The summed E-state index contributed by atoms with van der Waals surface area (Å²) >= 11 is 0. The lowest BCUT2D eigenvalue weighted by Gasteiger charge is -2.50. The molecule has 3 nitrogen and oxygen atoms in total. The second-order valence-electron chi connectivity index (χ2n) is 11.0. The summed E-state index contributed by atoms with van der Waals surface area (Å²) in [5, 5.41) is 16.0. The van der Waals surface area contributed by atoms with Crippen LogP contribution in [0.4, 0.5) is 0 Å². The predicted octanol–water partition coefficient (Wildman–Crippen LogP) is 7.11. The fourth-order valence-corrected chi connectivity index (χ4v) is 7.12. The maximum atomic E-state index is 10.7. The Morgan fingerprint density at radius 3 is 2.44 bits per heavy atom. The van der Waals surface area contributed by atoms with Crippen molar-refractivity contribution >= 4 is 5.57 Å². The summed E-state index contributed by atoms with van der Waals surface area (Å²) in [4.78, 5) is 0. The molecule has 3 aliphatic carbocycles. The molecule has 0 bridgehead atoms. The summed E-state index contributed by atoms with van der Waals surface area (Å²) in [7, 11) is 0. The molecule has 1 aromatic heterocycles. The van der Waals surface area contributed by atoms with Gasteiger partial charge in [-0.2, -0.15) is 5.10 Å². The van der Waals surface area contributed by atoms with E-state index in [1.54, 1.807) is 0 Å². The van der Waals surface area contributed by atoms with E-state index in [4.69, 9.17) is 5.10 Å². The zero-order valence-electron chi connectivity index (χ0n) is 20.5. The Labute approximate surface area is 203 Å². The molecule has 3 aromatic rings. The zero-order valence-corrected chi connectivity index (χ0v) is 20.5. The minimum absolute atomic E-state index is 0.0464. The van der Waals surface area contributed by atoms with Crippen LogP contribution in [-0.4, -0.2) is 21.0 Å². The van der Waals surface area contributed by atoms with E-state index in [9.17, 15) is 5.11 Å². The Kier molecular flexibility index (Phi) is 5.49. The molecule has 2 aromatic carbocycles. The van der Waals surface area contributed by atoms with Crippen LogP contribution in [0.25, 0.3) is 22.4 Å². The molecule has 3 aliphatic rings. The summed E-state index contributed by atoms with van der Waals surface area (Å²) in [6.45, 7) is 4.71. The first-order chi connectivity index (χ1) is 16.6. The van der Waals surface area contributed by atoms with Crippen molar-refractivity contribution in [3.8, 4) is 16.8 Å². The maximum Gasteiger partial charge on any atom is 0.0919 e. The number of fused-ring (bicyclic) bond motifs is 3. The summed E-state index contributed by atoms with van der Waals surface area (Å²) in [5.74, 6) is 0.823. The summed E-state index contributed by atoms with van der Waals surface area (Å²) in [6.07, 6.45) is 11.3. The van der Waals surface area contributed by atoms with Gasteiger partial charge in [0.1, 0.15) is 0 Å². The number of hydrogen-bond acceptors (Lipinski definition) is 2. The Balaban J connectivity index is 1.49. The number of aliphatic hydroxyl groups is 1. The number of allylic oxidation sites excluding steroid dienone is 2. The minimum atomic E-state index is -0.179. The molecule has 0 amide bonds. The number of benzene rings is 2. The third-order valence-corrected chi connectivity index (χ3v) is 9.06.